The molecule has 2 amide bonds. The van der Waals surface area contributed by atoms with Crippen LogP contribution < -0.4 is 9.62 Å². The van der Waals surface area contributed by atoms with Gasteiger partial charge in [0.25, 0.3) is 0 Å². The molecular weight excluding hydrogens is 528 g/mol. The molecule has 1 unspecified atom stereocenters. The van der Waals surface area contributed by atoms with Gasteiger partial charge in [0.05, 0.1) is 11.9 Å². The lowest BCUT2D eigenvalue weighted by molar-refractivity contribution is -0.141. The first-order valence-electron chi connectivity index (χ1n) is 11.7. The lowest BCUT2D eigenvalue weighted by atomic mass is 10.1. The number of amides is 2. The third-order valence-electron chi connectivity index (χ3n) is 5.60. The molecule has 0 fully saturated rings. The van der Waals surface area contributed by atoms with Crippen LogP contribution in [0.25, 0.3) is 0 Å². The smallest absolute Gasteiger partial charge is 0.242 e. The monoisotopic (exact) mass is 559 g/mol. The van der Waals surface area contributed by atoms with Gasteiger partial charge in [-0.15, -0.1) is 0 Å². The molecule has 7 nitrogen and oxygen atoms in total. The van der Waals surface area contributed by atoms with E-state index in [9.17, 15) is 22.4 Å². The molecule has 1 atom stereocenters. The Morgan fingerprint density at radius 1 is 1.06 bits per heavy atom. The maximum atomic E-state index is 14.3. The molecule has 0 spiro atoms. The molecule has 0 aromatic heterocycles. The Bertz CT molecular complexity index is 1140. The van der Waals surface area contributed by atoms with Crippen LogP contribution in [-0.2, 0) is 26.2 Å². The summed E-state index contributed by atoms with van der Waals surface area (Å²) in [7, 11) is -3.79. The van der Waals surface area contributed by atoms with Crippen molar-refractivity contribution in [1.29, 1.82) is 0 Å². The van der Waals surface area contributed by atoms with Crippen molar-refractivity contribution >= 4 is 50.7 Å². The molecule has 0 heterocycles. The van der Waals surface area contributed by atoms with Crippen molar-refractivity contribution in [2.75, 3.05) is 23.7 Å². The van der Waals surface area contributed by atoms with Crippen LogP contribution in [0.4, 0.5) is 10.1 Å². The molecule has 0 aliphatic heterocycles. The fourth-order valence-electron chi connectivity index (χ4n) is 3.78. The number of para-hydroxylation sites is 1. The number of carbonyl (C=O) groups excluding carboxylic acids is 2. The van der Waals surface area contributed by atoms with E-state index in [4.69, 9.17) is 23.2 Å². The summed E-state index contributed by atoms with van der Waals surface area (Å²) in [5, 5.41) is 3.56. The Morgan fingerprint density at radius 2 is 1.69 bits per heavy atom. The van der Waals surface area contributed by atoms with Crippen molar-refractivity contribution < 1.29 is 22.4 Å². The highest BCUT2D eigenvalue weighted by Gasteiger charge is 2.30. The number of rotatable bonds is 13. The van der Waals surface area contributed by atoms with Gasteiger partial charge in [0, 0.05) is 41.7 Å². The topological polar surface area (TPSA) is 86.8 Å². The standard InChI is InChI=1S/C25H32Cl2FN3O4S/c1-4-15-29-25(33)22(5-2)30(17-18-19(26)10-8-11-20(18)27)24(32)14-9-16-31(36(3,34)35)23-13-7-6-12-21(23)28/h6-8,10-13,22H,4-5,9,14-17H2,1-3H3,(H,29,33). The highest BCUT2D eigenvalue weighted by molar-refractivity contribution is 7.92. The molecule has 36 heavy (non-hydrogen) atoms. The van der Waals surface area contributed by atoms with Crippen LogP contribution in [0.5, 0.6) is 0 Å². The van der Waals surface area contributed by atoms with Gasteiger partial charge in [-0.3, -0.25) is 13.9 Å². The van der Waals surface area contributed by atoms with Gasteiger partial charge in [0.1, 0.15) is 11.9 Å². The molecule has 198 valence electrons. The highest BCUT2D eigenvalue weighted by Crippen LogP contribution is 2.28. The van der Waals surface area contributed by atoms with E-state index in [1.54, 1.807) is 25.1 Å². The summed E-state index contributed by atoms with van der Waals surface area (Å²) in [6.45, 7) is 4.10. The summed E-state index contributed by atoms with van der Waals surface area (Å²) in [6, 6.07) is 9.78. The molecule has 2 rings (SSSR count). The number of nitrogens with one attached hydrogen (secondary N) is 1. The second-order valence-corrected chi connectivity index (χ2v) is 11.0. The zero-order valence-corrected chi connectivity index (χ0v) is 23.0. The minimum Gasteiger partial charge on any atom is -0.354 e. The maximum Gasteiger partial charge on any atom is 0.242 e. The van der Waals surface area contributed by atoms with E-state index in [0.29, 0.717) is 28.6 Å². The Labute approximate surface area is 222 Å². The average molecular weight is 561 g/mol. The number of benzene rings is 2. The summed E-state index contributed by atoms with van der Waals surface area (Å²) in [4.78, 5) is 27.7. The van der Waals surface area contributed by atoms with Gasteiger partial charge in [-0.25, -0.2) is 12.8 Å². The van der Waals surface area contributed by atoms with Crippen LogP contribution in [0.2, 0.25) is 10.0 Å². The van der Waals surface area contributed by atoms with Crippen LogP contribution in [0, 0.1) is 5.82 Å². The second-order valence-electron chi connectivity index (χ2n) is 8.33. The van der Waals surface area contributed by atoms with Crippen LogP contribution in [-0.4, -0.2) is 50.5 Å². The van der Waals surface area contributed by atoms with E-state index in [2.05, 4.69) is 5.32 Å². The first-order chi connectivity index (χ1) is 17.0. The van der Waals surface area contributed by atoms with E-state index in [1.165, 1.54) is 29.2 Å². The summed E-state index contributed by atoms with van der Waals surface area (Å²) < 4.78 is 39.9. The van der Waals surface area contributed by atoms with Crippen molar-refractivity contribution in [3.8, 4) is 0 Å². The lowest BCUT2D eigenvalue weighted by Crippen LogP contribution is -2.49. The maximum absolute atomic E-state index is 14.3. The van der Waals surface area contributed by atoms with E-state index < -0.39 is 21.9 Å². The van der Waals surface area contributed by atoms with Gasteiger partial charge in [-0.05, 0) is 43.5 Å². The highest BCUT2D eigenvalue weighted by atomic mass is 35.5. The third-order valence-corrected chi connectivity index (χ3v) is 7.49. The van der Waals surface area contributed by atoms with Crippen molar-refractivity contribution in [3.05, 3.63) is 63.9 Å². The molecule has 11 heteroatoms. The summed E-state index contributed by atoms with van der Waals surface area (Å²) in [6.07, 6.45) is 2.12. The second kappa shape index (κ2) is 13.8. The normalized spacial score (nSPS) is 12.2. The average Bonchev–Trinajstić information content (AvgIpc) is 2.82. The Hall–Kier alpha value is -2.36. The predicted octanol–water partition coefficient (Wildman–Crippen LogP) is 5.01. The van der Waals surface area contributed by atoms with Gasteiger partial charge in [0.2, 0.25) is 21.8 Å². The first kappa shape index (κ1) is 29.9. The molecule has 0 radical (unpaired) electrons. The number of sulfonamides is 1. The van der Waals surface area contributed by atoms with Crippen LogP contribution in [0.3, 0.4) is 0 Å². The zero-order chi connectivity index (χ0) is 26.9. The van der Waals surface area contributed by atoms with Gasteiger partial charge in [-0.1, -0.05) is 55.2 Å². The van der Waals surface area contributed by atoms with Crippen LogP contribution >= 0.6 is 23.2 Å². The van der Waals surface area contributed by atoms with E-state index in [-0.39, 0.29) is 43.4 Å². The number of nitrogens with zero attached hydrogens (tertiary/aromatic N) is 2. The number of anilines is 1. The number of halogens is 3. The largest absolute Gasteiger partial charge is 0.354 e. The number of hydrogen-bond acceptors (Lipinski definition) is 4. The number of carbonyl (C=O) groups is 2. The van der Waals surface area contributed by atoms with Crippen molar-refractivity contribution in [3.63, 3.8) is 0 Å². The molecule has 0 saturated carbocycles. The fourth-order valence-corrected chi connectivity index (χ4v) is 5.26. The predicted molar refractivity (Wildman–Crippen MR) is 142 cm³/mol. The Balaban J connectivity index is 2.27. The van der Waals surface area contributed by atoms with Crippen LogP contribution in [0.15, 0.2) is 42.5 Å². The Morgan fingerprint density at radius 3 is 2.25 bits per heavy atom. The molecular formula is C25H32Cl2FN3O4S. The summed E-state index contributed by atoms with van der Waals surface area (Å²) in [5.74, 6) is -1.34. The Kier molecular flexibility index (Phi) is 11.5. The van der Waals surface area contributed by atoms with Crippen molar-refractivity contribution in [2.45, 2.75) is 52.1 Å². The van der Waals surface area contributed by atoms with E-state index in [1.807, 2.05) is 6.92 Å². The minimum absolute atomic E-state index is 0.0124. The summed E-state index contributed by atoms with van der Waals surface area (Å²) >= 11 is 12.7. The third kappa shape index (κ3) is 8.08. The summed E-state index contributed by atoms with van der Waals surface area (Å²) in [5.41, 5.74) is 0.428. The molecule has 2 aromatic rings. The van der Waals surface area contributed by atoms with E-state index in [0.717, 1.165) is 17.0 Å². The molecule has 0 saturated heterocycles. The van der Waals surface area contributed by atoms with Gasteiger partial charge in [0.15, 0.2) is 0 Å². The van der Waals surface area contributed by atoms with Crippen molar-refractivity contribution in [2.24, 2.45) is 0 Å². The lowest BCUT2D eigenvalue weighted by Gasteiger charge is -2.31. The van der Waals surface area contributed by atoms with Crippen LogP contribution in [0.1, 0.15) is 45.1 Å². The minimum atomic E-state index is -3.79. The molecule has 2 aromatic carbocycles. The number of hydrogen-bond donors (Lipinski definition) is 1. The van der Waals surface area contributed by atoms with E-state index >= 15 is 0 Å². The quantitative estimate of drug-likeness (QED) is 0.373. The molecule has 0 bridgehead atoms. The van der Waals surface area contributed by atoms with Crippen molar-refractivity contribution in [1.82, 2.24) is 10.2 Å². The zero-order valence-electron chi connectivity index (χ0n) is 20.6. The van der Waals surface area contributed by atoms with Gasteiger partial charge < -0.3 is 10.2 Å². The molecule has 0 aliphatic rings. The first-order valence-corrected chi connectivity index (χ1v) is 14.3. The SMILES string of the molecule is CCCNC(=O)C(CC)N(Cc1c(Cl)cccc1Cl)C(=O)CCCN(c1ccccc1F)S(C)(=O)=O. The van der Waals surface area contributed by atoms with Gasteiger partial charge >= 0.3 is 0 Å². The fraction of sp³-hybridized carbons (Fsp3) is 0.440. The van der Waals surface area contributed by atoms with Gasteiger partial charge in [-0.2, -0.15) is 0 Å². The molecule has 0 aliphatic carbocycles. The molecule has 1 N–H and O–H groups in total.